The molecular formula is C15H24N2O. The van der Waals surface area contributed by atoms with E-state index in [4.69, 9.17) is 10.5 Å². The molecule has 2 unspecified atom stereocenters. The van der Waals surface area contributed by atoms with Gasteiger partial charge in [-0.1, -0.05) is 12.1 Å². The van der Waals surface area contributed by atoms with Crippen molar-refractivity contribution in [2.24, 2.45) is 5.73 Å². The van der Waals surface area contributed by atoms with Gasteiger partial charge < -0.3 is 15.8 Å². The number of nitrogens with one attached hydrogen (secondary N) is 1. The topological polar surface area (TPSA) is 47.3 Å². The molecular weight excluding hydrogens is 224 g/mol. The molecule has 1 aliphatic rings. The largest absolute Gasteiger partial charge is 0.381 e. The smallest absolute Gasteiger partial charge is 0.0594 e. The Hall–Kier alpha value is -1.06. The van der Waals surface area contributed by atoms with Crippen molar-refractivity contribution in [1.82, 2.24) is 0 Å². The average molecular weight is 248 g/mol. The Morgan fingerprint density at radius 1 is 1.50 bits per heavy atom. The van der Waals surface area contributed by atoms with Crippen LogP contribution in [0.15, 0.2) is 24.3 Å². The number of ether oxygens (including phenoxy) is 1. The van der Waals surface area contributed by atoms with Crippen LogP contribution in [0, 0.1) is 6.92 Å². The predicted molar refractivity (Wildman–Crippen MR) is 75.9 cm³/mol. The fourth-order valence-electron chi connectivity index (χ4n) is 2.89. The average Bonchev–Trinajstić information content (AvgIpc) is 2.39. The Labute approximate surface area is 110 Å². The zero-order valence-electron chi connectivity index (χ0n) is 11.4. The SMILES string of the molecule is COC1CCCC(CN)(Nc2cccc(C)c2)C1. The molecule has 2 rings (SSSR count). The number of rotatable bonds is 4. The molecule has 0 radical (unpaired) electrons. The van der Waals surface area contributed by atoms with Gasteiger partial charge in [-0.2, -0.15) is 0 Å². The van der Waals surface area contributed by atoms with Crippen LogP contribution in [0.5, 0.6) is 0 Å². The van der Waals surface area contributed by atoms with E-state index in [1.165, 1.54) is 12.0 Å². The lowest BCUT2D eigenvalue weighted by molar-refractivity contribution is 0.0483. The number of aryl methyl sites for hydroxylation is 1. The first kappa shape index (κ1) is 13.4. The Morgan fingerprint density at radius 2 is 2.33 bits per heavy atom. The van der Waals surface area contributed by atoms with Crippen molar-refractivity contribution < 1.29 is 4.74 Å². The lowest BCUT2D eigenvalue weighted by Gasteiger charge is -2.41. The van der Waals surface area contributed by atoms with Crippen LogP contribution in [0.4, 0.5) is 5.69 Å². The second-order valence-corrected chi connectivity index (χ2v) is 5.43. The summed E-state index contributed by atoms with van der Waals surface area (Å²) in [5.41, 5.74) is 8.45. The fraction of sp³-hybridized carbons (Fsp3) is 0.600. The van der Waals surface area contributed by atoms with Crippen molar-refractivity contribution in [1.29, 1.82) is 0 Å². The molecule has 3 heteroatoms. The second kappa shape index (κ2) is 5.72. The number of methoxy groups -OCH3 is 1. The molecule has 0 spiro atoms. The van der Waals surface area contributed by atoms with Gasteiger partial charge in [0.15, 0.2) is 0 Å². The van der Waals surface area contributed by atoms with Crippen LogP contribution in [0.1, 0.15) is 31.2 Å². The zero-order valence-corrected chi connectivity index (χ0v) is 11.4. The van der Waals surface area contributed by atoms with Gasteiger partial charge >= 0.3 is 0 Å². The van der Waals surface area contributed by atoms with Crippen LogP contribution in [0.25, 0.3) is 0 Å². The van der Waals surface area contributed by atoms with Crippen molar-refractivity contribution in [3.05, 3.63) is 29.8 Å². The first-order valence-corrected chi connectivity index (χ1v) is 6.75. The molecule has 0 heterocycles. The van der Waals surface area contributed by atoms with Gasteiger partial charge in [-0.15, -0.1) is 0 Å². The Bertz CT molecular complexity index is 394. The van der Waals surface area contributed by atoms with Gasteiger partial charge in [-0.3, -0.25) is 0 Å². The number of nitrogens with two attached hydrogens (primary N) is 1. The highest BCUT2D eigenvalue weighted by Gasteiger charge is 2.35. The van der Waals surface area contributed by atoms with E-state index in [0.29, 0.717) is 12.6 Å². The Balaban J connectivity index is 2.12. The number of hydrogen-bond donors (Lipinski definition) is 2. The monoisotopic (exact) mass is 248 g/mol. The second-order valence-electron chi connectivity index (χ2n) is 5.43. The van der Waals surface area contributed by atoms with Crippen molar-refractivity contribution in [2.45, 2.75) is 44.2 Å². The molecule has 0 aliphatic heterocycles. The third-order valence-corrected chi connectivity index (χ3v) is 3.95. The minimum Gasteiger partial charge on any atom is -0.381 e. The standard InChI is InChI=1S/C15H24N2O/c1-12-5-3-6-13(9-12)17-15(11-16)8-4-7-14(10-15)18-2/h3,5-6,9,14,17H,4,7-8,10-11,16H2,1-2H3. The molecule has 1 aromatic rings. The summed E-state index contributed by atoms with van der Waals surface area (Å²) in [6.07, 6.45) is 4.77. The summed E-state index contributed by atoms with van der Waals surface area (Å²) >= 11 is 0. The molecule has 1 saturated carbocycles. The quantitative estimate of drug-likeness (QED) is 0.861. The summed E-state index contributed by atoms with van der Waals surface area (Å²) in [5, 5.41) is 3.64. The van der Waals surface area contributed by atoms with Crippen LogP contribution in [0.3, 0.4) is 0 Å². The van der Waals surface area contributed by atoms with Crippen LogP contribution in [0.2, 0.25) is 0 Å². The van der Waals surface area contributed by atoms with Crippen molar-refractivity contribution in [2.75, 3.05) is 19.0 Å². The van der Waals surface area contributed by atoms with E-state index in [9.17, 15) is 0 Å². The maximum atomic E-state index is 6.02. The van der Waals surface area contributed by atoms with E-state index >= 15 is 0 Å². The van der Waals surface area contributed by atoms with E-state index in [2.05, 4.69) is 36.5 Å². The van der Waals surface area contributed by atoms with E-state index in [1.807, 2.05) is 0 Å². The van der Waals surface area contributed by atoms with Crippen LogP contribution < -0.4 is 11.1 Å². The highest BCUT2D eigenvalue weighted by atomic mass is 16.5. The maximum absolute atomic E-state index is 6.02. The van der Waals surface area contributed by atoms with Crippen LogP contribution >= 0.6 is 0 Å². The maximum Gasteiger partial charge on any atom is 0.0594 e. The summed E-state index contributed by atoms with van der Waals surface area (Å²) < 4.78 is 5.51. The summed E-state index contributed by atoms with van der Waals surface area (Å²) in [6, 6.07) is 8.48. The lowest BCUT2D eigenvalue weighted by Crippen LogP contribution is -2.50. The molecule has 0 bridgehead atoms. The summed E-state index contributed by atoms with van der Waals surface area (Å²) in [7, 11) is 1.80. The van der Waals surface area contributed by atoms with Crippen molar-refractivity contribution >= 4 is 5.69 Å². The normalized spacial score (nSPS) is 28.1. The van der Waals surface area contributed by atoms with Gasteiger partial charge in [0.25, 0.3) is 0 Å². The van der Waals surface area contributed by atoms with Gasteiger partial charge in [-0.25, -0.2) is 0 Å². The molecule has 3 N–H and O–H groups in total. The van der Waals surface area contributed by atoms with Gasteiger partial charge in [-0.05, 0) is 50.3 Å². The molecule has 100 valence electrons. The van der Waals surface area contributed by atoms with Gasteiger partial charge in [0.2, 0.25) is 0 Å². The summed E-state index contributed by atoms with van der Waals surface area (Å²) in [5.74, 6) is 0. The van der Waals surface area contributed by atoms with E-state index in [0.717, 1.165) is 24.9 Å². The van der Waals surface area contributed by atoms with E-state index in [1.54, 1.807) is 7.11 Å². The summed E-state index contributed by atoms with van der Waals surface area (Å²) in [4.78, 5) is 0. The Kier molecular flexibility index (Phi) is 4.25. The van der Waals surface area contributed by atoms with Crippen LogP contribution in [-0.4, -0.2) is 25.3 Å². The van der Waals surface area contributed by atoms with Gasteiger partial charge in [0.05, 0.1) is 11.6 Å². The Morgan fingerprint density at radius 3 is 3.00 bits per heavy atom. The molecule has 18 heavy (non-hydrogen) atoms. The minimum atomic E-state index is -0.00722. The third-order valence-electron chi connectivity index (χ3n) is 3.95. The predicted octanol–water partition coefficient (Wildman–Crippen LogP) is 2.69. The zero-order chi connectivity index (χ0) is 13.0. The van der Waals surface area contributed by atoms with Crippen LogP contribution in [-0.2, 0) is 4.74 Å². The fourth-order valence-corrected chi connectivity index (χ4v) is 2.89. The first-order chi connectivity index (χ1) is 8.67. The highest BCUT2D eigenvalue weighted by molar-refractivity contribution is 5.48. The molecule has 1 fully saturated rings. The molecule has 1 aliphatic carbocycles. The van der Waals surface area contributed by atoms with Gasteiger partial charge in [0.1, 0.15) is 0 Å². The molecule has 0 amide bonds. The van der Waals surface area contributed by atoms with Gasteiger partial charge in [0, 0.05) is 19.3 Å². The highest BCUT2D eigenvalue weighted by Crippen LogP contribution is 2.32. The number of anilines is 1. The van der Waals surface area contributed by atoms with E-state index in [-0.39, 0.29) is 5.54 Å². The molecule has 0 saturated heterocycles. The molecule has 3 nitrogen and oxygen atoms in total. The summed E-state index contributed by atoms with van der Waals surface area (Å²) in [6.45, 7) is 2.76. The molecule has 0 aromatic heterocycles. The third kappa shape index (κ3) is 3.03. The van der Waals surface area contributed by atoms with E-state index < -0.39 is 0 Å². The van der Waals surface area contributed by atoms with Crippen molar-refractivity contribution in [3.8, 4) is 0 Å². The molecule has 2 atom stereocenters. The van der Waals surface area contributed by atoms with Crippen molar-refractivity contribution in [3.63, 3.8) is 0 Å². The minimum absolute atomic E-state index is 0.00722. The number of hydrogen-bond acceptors (Lipinski definition) is 3. The lowest BCUT2D eigenvalue weighted by atomic mass is 9.80. The number of benzene rings is 1. The first-order valence-electron chi connectivity index (χ1n) is 6.75. The molecule has 1 aromatic carbocycles.